The van der Waals surface area contributed by atoms with Gasteiger partial charge in [0.1, 0.15) is 0 Å². The fourth-order valence-corrected chi connectivity index (χ4v) is 2.61. The molecule has 3 aromatic rings. The van der Waals surface area contributed by atoms with Crippen molar-refractivity contribution in [2.75, 3.05) is 5.73 Å². The number of anilines is 1. The van der Waals surface area contributed by atoms with Gasteiger partial charge >= 0.3 is 0 Å². The van der Waals surface area contributed by atoms with Gasteiger partial charge in [0.2, 0.25) is 5.56 Å². The molecule has 2 aromatic heterocycles. The van der Waals surface area contributed by atoms with E-state index in [0.29, 0.717) is 38.4 Å². The molecule has 0 saturated heterocycles. The van der Waals surface area contributed by atoms with Gasteiger partial charge in [0, 0.05) is 16.7 Å². The number of nitrogen functional groups attached to an aromatic ring is 1. The molecule has 2 heterocycles. The molecule has 7 heteroatoms. The normalized spacial score (nSPS) is 10.8. The van der Waals surface area contributed by atoms with Gasteiger partial charge in [-0.25, -0.2) is 0 Å². The van der Waals surface area contributed by atoms with E-state index in [0.717, 1.165) is 0 Å². The Morgan fingerprint density at radius 3 is 2.67 bits per heavy atom. The summed E-state index contributed by atoms with van der Waals surface area (Å²) in [5, 5.41) is 7.80. The molecule has 4 N–H and O–H groups in total. The lowest BCUT2D eigenvalue weighted by Gasteiger charge is -2.07. The predicted octanol–water partition coefficient (Wildman–Crippen LogP) is 3.32. The summed E-state index contributed by atoms with van der Waals surface area (Å²) in [7, 11) is 0. The van der Waals surface area contributed by atoms with E-state index in [1.54, 1.807) is 30.3 Å². The van der Waals surface area contributed by atoms with Crippen LogP contribution in [0.2, 0.25) is 10.0 Å². The van der Waals surface area contributed by atoms with Crippen molar-refractivity contribution in [2.24, 2.45) is 0 Å². The van der Waals surface area contributed by atoms with Gasteiger partial charge in [-0.15, -0.1) is 0 Å². The first-order valence-electron chi connectivity index (χ1n) is 6.05. The second kappa shape index (κ2) is 5.27. The van der Waals surface area contributed by atoms with Crippen LogP contribution in [0.15, 0.2) is 41.2 Å². The summed E-state index contributed by atoms with van der Waals surface area (Å²) < 4.78 is 0. The van der Waals surface area contributed by atoms with Gasteiger partial charge < -0.3 is 10.7 Å². The van der Waals surface area contributed by atoms with E-state index in [2.05, 4.69) is 15.2 Å². The number of pyridine rings is 1. The summed E-state index contributed by atoms with van der Waals surface area (Å²) in [6.07, 6.45) is 0. The molecule has 3 rings (SSSR count). The smallest absolute Gasteiger partial charge is 0.248 e. The van der Waals surface area contributed by atoms with Crippen LogP contribution >= 0.6 is 23.2 Å². The summed E-state index contributed by atoms with van der Waals surface area (Å²) in [6.45, 7) is 0. The Labute approximate surface area is 129 Å². The van der Waals surface area contributed by atoms with Crippen molar-refractivity contribution >= 4 is 29.0 Å². The minimum absolute atomic E-state index is 0.214. The van der Waals surface area contributed by atoms with Crippen LogP contribution in [-0.2, 0) is 0 Å². The summed E-state index contributed by atoms with van der Waals surface area (Å²) in [6, 6.07) is 9.93. The minimum atomic E-state index is -0.214. The highest BCUT2D eigenvalue weighted by Gasteiger charge is 2.17. The molecule has 21 heavy (non-hydrogen) atoms. The zero-order valence-electron chi connectivity index (χ0n) is 10.7. The van der Waals surface area contributed by atoms with Crippen LogP contribution in [-0.4, -0.2) is 15.2 Å². The van der Waals surface area contributed by atoms with Crippen molar-refractivity contribution in [1.29, 1.82) is 0 Å². The number of benzene rings is 1. The number of nitrogens with one attached hydrogen (secondary N) is 2. The Balaban J connectivity index is 2.24. The highest BCUT2D eigenvalue weighted by atomic mass is 35.5. The zero-order valence-corrected chi connectivity index (χ0v) is 12.2. The number of aromatic amines is 2. The van der Waals surface area contributed by atoms with E-state index in [9.17, 15) is 4.79 Å². The fraction of sp³-hybridized carbons (Fsp3) is 0. The number of nitrogens with two attached hydrogens (primary N) is 1. The maximum atomic E-state index is 11.5. The van der Waals surface area contributed by atoms with Crippen molar-refractivity contribution in [1.82, 2.24) is 15.2 Å². The SMILES string of the molecule is Nc1n[nH]c(-c2cccc(=O)[nH]2)c1-c1ccc(Cl)cc1Cl. The largest absolute Gasteiger partial charge is 0.382 e. The monoisotopic (exact) mass is 320 g/mol. The Morgan fingerprint density at radius 1 is 1.14 bits per heavy atom. The zero-order chi connectivity index (χ0) is 15.0. The number of aromatic nitrogens is 3. The Morgan fingerprint density at radius 2 is 1.95 bits per heavy atom. The van der Waals surface area contributed by atoms with Gasteiger partial charge in [0.25, 0.3) is 0 Å². The standard InChI is InChI=1S/C14H10Cl2N4O/c15-7-4-5-8(9(16)6-7)12-13(19-20-14(12)17)10-2-1-3-11(21)18-10/h1-6H,(H,18,21)(H3,17,19,20). The van der Waals surface area contributed by atoms with Crippen molar-refractivity contribution in [3.63, 3.8) is 0 Å². The quantitative estimate of drug-likeness (QED) is 0.676. The van der Waals surface area contributed by atoms with E-state index in [4.69, 9.17) is 28.9 Å². The Bertz CT molecular complexity index is 869. The molecule has 0 amide bonds. The molecule has 0 atom stereocenters. The van der Waals surface area contributed by atoms with Crippen LogP contribution in [0.3, 0.4) is 0 Å². The van der Waals surface area contributed by atoms with Crippen molar-refractivity contribution in [3.8, 4) is 22.5 Å². The Hall–Kier alpha value is -2.24. The molecule has 0 bridgehead atoms. The average Bonchev–Trinajstić information content (AvgIpc) is 2.81. The number of halogens is 2. The third-order valence-corrected chi connectivity index (χ3v) is 3.58. The van der Waals surface area contributed by atoms with Gasteiger partial charge in [-0.2, -0.15) is 5.10 Å². The maximum absolute atomic E-state index is 11.5. The van der Waals surface area contributed by atoms with Crippen LogP contribution in [0, 0.1) is 0 Å². The average molecular weight is 321 g/mol. The van der Waals surface area contributed by atoms with Gasteiger partial charge in [0.15, 0.2) is 5.82 Å². The number of hydrogen-bond acceptors (Lipinski definition) is 3. The molecular formula is C14H10Cl2N4O. The van der Waals surface area contributed by atoms with Crippen LogP contribution in [0.25, 0.3) is 22.5 Å². The minimum Gasteiger partial charge on any atom is -0.382 e. The van der Waals surface area contributed by atoms with Crippen LogP contribution in [0.5, 0.6) is 0 Å². The van der Waals surface area contributed by atoms with Crippen molar-refractivity contribution < 1.29 is 0 Å². The molecule has 106 valence electrons. The molecule has 0 spiro atoms. The van der Waals surface area contributed by atoms with Gasteiger partial charge in [0.05, 0.1) is 22.0 Å². The van der Waals surface area contributed by atoms with Gasteiger partial charge in [-0.05, 0) is 18.2 Å². The fourth-order valence-electron chi connectivity index (χ4n) is 2.11. The number of nitrogens with zero attached hydrogens (tertiary/aromatic N) is 1. The lowest BCUT2D eigenvalue weighted by atomic mass is 10.0. The van der Waals surface area contributed by atoms with E-state index >= 15 is 0 Å². The van der Waals surface area contributed by atoms with Gasteiger partial charge in [-0.3, -0.25) is 9.89 Å². The van der Waals surface area contributed by atoms with E-state index in [-0.39, 0.29) is 5.56 Å². The number of rotatable bonds is 2. The second-order valence-corrected chi connectivity index (χ2v) is 5.26. The van der Waals surface area contributed by atoms with Gasteiger partial charge in [-0.1, -0.05) is 35.3 Å². The lowest BCUT2D eigenvalue weighted by Crippen LogP contribution is -2.04. The first-order chi connectivity index (χ1) is 10.1. The molecule has 0 aliphatic carbocycles. The first-order valence-corrected chi connectivity index (χ1v) is 6.81. The second-order valence-electron chi connectivity index (χ2n) is 4.41. The summed E-state index contributed by atoms with van der Waals surface area (Å²) in [4.78, 5) is 14.2. The third kappa shape index (κ3) is 2.53. The predicted molar refractivity (Wildman–Crippen MR) is 84.5 cm³/mol. The van der Waals surface area contributed by atoms with Crippen LogP contribution < -0.4 is 11.3 Å². The maximum Gasteiger partial charge on any atom is 0.248 e. The van der Waals surface area contributed by atoms with Crippen LogP contribution in [0.1, 0.15) is 0 Å². The number of H-pyrrole nitrogens is 2. The van der Waals surface area contributed by atoms with Crippen molar-refractivity contribution in [2.45, 2.75) is 0 Å². The molecule has 0 saturated carbocycles. The molecule has 0 unspecified atom stereocenters. The summed E-state index contributed by atoms with van der Waals surface area (Å²) in [5.74, 6) is 0.291. The molecule has 1 aromatic carbocycles. The molecule has 0 fully saturated rings. The summed E-state index contributed by atoms with van der Waals surface area (Å²) >= 11 is 12.1. The highest BCUT2D eigenvalue weighted by Crippen LogP contribution is 2.38. The van der Waals surface area contributed by atoms with E-state index in [1.165, 1.54) is 6.07 Å². The molecular weight excluding hydrogens is 311 g/mol. The molecule has 0 aliphatic heterocycles. The lowest BCUT2D eigenvalue weighted by molar-refractivity contribution is 1.09. The molecule has 0 aliphatic rings. The summed E-state index contributed by atoms with van der Waals surface area (Å²) in [5.41, 5.74) is 8.20. The van der Waals surface area contributed by atoms with Crippen LogP contribution in [0.4, 0.5) is 5.82 Å². The topological polar surface area (TPSA) is 87.6 Å². The van der Waals surface area contributed by atoms with E-state index in [1.807, 2.05) is 0 Å². The first kappa shape index (κ1) is 13.7. The highest BCUT2D eigenvalue weighted by molar-refractivity contribution is 6.36. The number of hydrogen-bond donors (Lipinski definition) is 3. The molecule has 5 nitrogen and oxygen atoms in total. The van der Waals surface area contributed by atoms with E-state index < -0.39 is 0 Å². The molecule has 0 radical (unpaired) electrons. The Kier molecular flexibility index (Phi) is 3.45. The third-order valence-electron chi connectivity index (χ3n) is 3.03. The van der Waals surface area contributed by atoms with Crippen molar-refractivity contribution in [3.05, 3.63) is 56.8 Å².